The third kappa shape index (κ3) is 5.18. The number of ether oxygens (including phenoxy) is 4. The number of halogens is 1. The first kappa shape index (κ1) is 22.4. The van der Waals surface area contributed by atoms with E-state index in [2.05, 4.69) is 4.99 Å². The number of nitrogens with zero attached hydrogens (tertiary/aromatic N) is 1. The van der Waals surface area contributed by atoms with Crippen molar-refractivity contribution in [1.29, 1.82) is 0 Å². The molecule has 0 saturated carbocycles. The van der Waals surface area contributed by atoms with Crippen molar-refractivity contribution in [2.45, 2.75) is 13.5 Å². The van der Waals surface area contributed by atoms with Gasteiger partial charge in [0.25, 0.3) is 0 Å². The predicted molar refractivity (Wildman–Crippen MR) is 127 cm³/mol. The normalized spacial score (nSPS) is 14.1. The second-order valence-electron chi connectivity index (χ2n) is 7.06. The van der Waals surface area contributed by atoms with Crippen LogP contribution in [0.2, 0.25) is 5.02 Å². The first-order valence-corrected chi connectivity index (χ1v) is 10.8. The van der Waals surface area contributed by atoms with Crippen molar-refractivity contribution in [3.63, 3.8) is 0 Å². The lowest BCUT2D eigenvalue weighted by molar-refractivity contribution is -0.129. The van der Waals surface area contributed by atoms with Crippen LogP contribution in [0.15, 0.2) is 77.4 Å². The largest absolute Gasteiger partial charge is 0.493 e. The summed E-state index contributed by atoms with van der Waals surface area (Å²) < 4.78 is 22.4. The van der Waals surface area contributed by atoms with E-state index in [1.54, 1.807) is 31.4 Å². The van der Waals surface area contributed by atoms with Gasteiger partial charge in [-0.1, -0.05) is 48.0 Å². The van der Waals surface area contributed by atoms with Gasteiger partial charge in [-0.3, -0.25) is 0 Å². The summed E-state index contributed by atoms with van der Waals surface area (Å²) in [7, 11) is 1.55. The summed E-state index contributed by atoms with van der Waals surface area (Å²) in [5.74, 6) is 1.36. The number of methoxy groups -OCH3 is 1. The van der Waals surface area contributed by atoms with E-state index in [0.29, 0.717) is 46.6 Å². The molecule has 0 aromatic heterocycles. The van der Waals surface area contributed by atoms with E-state index in [-0.39, 0.29) is 11.6 Å². The summed E-state index contributed by atoms with van der Waals surface area (Å²) in [6.07, 6.45) is 1.64. The number of carbonyl (C=O) groups excluding carboxylic acids is 1. The highest BCUT2D eigenvalue weighted by atomic mass is 35.5. The molecule has 0 bridgehead atoms. The van der Waals surface area contributed by atoms with Gasteiger partial charge in [0.1, 0.15) is 12.4 Å². The van der Waals surface area contributed by atoms with Gasteiger partial charge in [-0.25, -0.2) is 9.79 Å². The molecule has 3 aromatic rings. The zero-order valence-corrected chi connectivity index (χ0v) is 19.0. The maximum absolute atomic E-state index is 12.4. The lowest BCUT2D eigenvalue weighted by Crippen LogP contribution is -2.07. The topological polar surface area (TPSA) is 66.3 Å². The van der Waals surface area contributed by atoms with Crippen molar-refractivity contribution >= 4 is 29.5 Å². The van der Waals surface area contributed by atoms with Crippen LogP contribution in [-0.2, 0) is 16.1 Å². The number of rotatable bonds is 8. The van der Waals surface area contributed by atoms with Gasteiger partial charge in [0, 0.05) is 10.6 Å². The number of hydrogen-bond acceptors (Lipinski definition) is 6. The van der Waals surface area contributed by atoms with Crippen molar-refractivity contribution < 1.29 is 23.7 Å². The molecule has 4 rings (SSSR count). The minimum Gasteiger partial charge on any atom is -0.493 e. The van der Waals surface area contributed by atoms with Gasteiger partial charge in [0.2, 0.25) is 5.90 Å². The molecular formula is C26H22ClNO5. The van der Waals surface area contributed by atoms with Crippen molar-refractivity contribution in [1.82, 2.24) is 0 Å². The zero-order valence-electron chi connectivity index (χ0n) is 18.2. The van der Waals surface area contributed by atoms with E-state index in [1.165, 1.54) is 0 Å². The van der Waals surface area contributed by atoms with Gasteiger partial charge in [0.05, 0.1) is 19.3 Å². The van der Waals surface area contributed by atoms with Crippen LogP contribution in [0.1, 0.15) is 23.6 Å². The summed E-state index contributed by atoms with van der Waals surface area (Å²) in [5.41, 5.74) is 2.39. The lowest BCUT2D eigenvalue weighted by atomic mass is 10.1. The number of para-hydroxylation sites is 1. The molecule has 0 aliphatic carbocycles. The third-order valence-electron chi connectivity index (χ3n) is 4.87. The Morgan fingerprint density at radius 1 is 0.970 bits per heavy atom. The first-order chi connectivity index (χ1) is 16.1. The van der Waals surface area contributed by atoms with E-state index in [1.807, 2.05) is 55.5 Å². The fraction of sp³-hybridized carbons (Fsp3) is 0.154. The summed E-state index contributed by atoms with van der Waals surface area (Å²) in [5, 5.41) is 0.636. The summed E-state index contributed by atoms with van der Waals surface area (Å²) in [6.45, 7) is 2.68. The second kappa shape index (κ2) is 10.2. The first-order valence-electron chi connectivity index (χ1n) is 10.4. The highest BCUT2D eigenvalue weighted by molar-refractivity contribution is 6.31. The van der Waals surface area contributed by atoms with Gasteiger partial charge < -0.3 is 18.9 Å². The Kier molecular flexibility index (Phi) is 6.95. The SMILES string of the molecule is CCOc1ccccc1C1=N/C(=C/c2ccc(OCc3ccccc3Cl)c(OC)c2)C(=O)O1. The van der Waals surface area contributed by atoms with Crippen LogP contribution in [0.25, 0.3) is 6.08 Å². The summed E-state index contributed by atoms with van der Waals surface area (Å²) in [6, 6.07) is 20.1. The van der Waals surface area contributed by atoms with Crippen molar-refractivity contribution in [2.75, 3.05) is 13.7 Å². The van der Waals surface area contributed by atoms with Crippen LogP contribution in [0, 0.1) is 0 Å². The Morgan fingerprint density at radius 3 is 2.55 bits per heavy atom. The van der Waals surface area contributed by atoms with E-state index >= 15 is 0 Å². The van der Waals surface area contributed by atoms with Gasteiger partial charge in [-0.2, -0.15) is 0 Å². The van der Waals surface area contributed by atoms with Crippen LogP contribution in [0.5, 0.6) is 17.2 Å². The zero-order chi connectivity index (χ0) is 23.2. The Labute approximate surface area is 197 Å². The van der Waals surface area contributed by atoms with E-state index in [9.17, 15) is 4.79 Å². The van der Waals surface area contributed by atoms with Crippen LogP contribution < -0.4 is 14.2 Å². The van der Waals surface area contributed by atoms with Crippen molar-refractivity contribution in [3.05, 3.63) is 94.1 Å². The number of benzene rings is 3. The lowest BCUT2D eigenvalue weighted by Gasteiger charge is -2.12. The summed E-state index contributed by atoms with van der Waals surface area (Å²) >= 11 is 6.20. The number of esters is 1. The predicted octanol–water partition coefficient (Wildman–Crippen LogP) is 5.67. The van der Waals surface area contributed by atoms with Crippen LogP contribution >= 0.6 is 11.6 Å². The molecule has 0 fully saturated rings. The van der Waals surface area contributed by atoms with Gasteiger partial charge in [-0.05, 0) is 48.9 Å². The smallest absolute Gasteiger partial charge is 0.363 e. The minimum absolute atomic E-state index is 0.183. The molecule has 1 heterocycles. The molecule has 0 unspecified atom stereocenters. The molecule has 0 amide bonds. The quantitative estimate of drug-likeness (QED) is 0.318. The average Bonchev–Trinajstić information content (AvgIpc) is 3.19. The monoisotopic (exact) mass is 463 g/mol. The number of cyclic esters (lactones) is 1. The standard InChI is InChI=1S/C26H22ClNO5/c1-3-31-22-11-7-5-9-19(22)25-28-21(26(29)33-25)14-17-12-13-23(24(15-17)30-2)32-16-18-8-4-6-10-20(18)27/h4-15H,3,16H2,1-2H3/b21-14+. The fourth-order valence-corrected chi connectivity index (χ4v) is 3.46. The molecule has 33 heavy (non-hydrogen) atoms. The Bertz CT molecular complexity index is 1230. The molecule has 0 atom stereocenters. The van der Waals surface area contributed by atoms with Gasteiger partial charge in [0.15, 0.2) is 17.2 Å². The molecule has 6 nitrogen and oxygen atoms in total. The fourth-order valence-electron chi connectivity index (χ4n) is 3.27. The highest BCUT2D eigenvalue weighted by Gasteiger charge is 2.26. The van der Waals surface area contributed by atoms with E-state index in [0.717, 1.165) is 5.56 Å². The number of aliphatic imine (C=N–C) groups is 1. The highest BCUT2D eigenvalue weighted by Crippen LogP contribution is 2.31. The minimum atomic E-state index is -0.533. The number of carbonyl (C=O) groups is 1. The van der Waals surface area contributed by atoms with Crippen molar-refractivity contribution in [2.24, 2.45) is 4.99 Å². The van der Waals surface area contributed by atoms with Gasteiger partial charge in [-0.15, -0.1) is 0 Å². The molecule has 7 heteroatoms. The molecule has 0 spiro atoms. The number of hydrogen-bond donors (Lipinski definition) is 0. The maximum atomic E-state index is 12.4. The van der Waals surface area contributed by atoms with Crippen LogP contribution in [-0.4, -0.2) is 25.6 Å². The Balaban J connectivity index is 1.56. The Hall–Kier alpha value is -3.77. The Morgan fingerprint density at radius 2 is 1.76 bits per heavy atom. The molecule has 0 saturated heterocycles. The van der Waals surface area contributed by atoms with Crippen LogP contribution in [0.3, 0.4) is 0 Å². The molecule has 3 aromatic carbocycles. The molecule has 1 aliphatic rings. The second-order valence-corrected chi connectivity index (χ2v) is 7.46. The molecule has 0 radical (unpaired) electrons. The van der Waals surface area contributed by atoms with Gasteiger partial charge >= 0.3 is 5.97 Å². The maximum Gasteiger partial charge on any atom is 0.363 e. The van der Waals surface area contributed by atoms with Crippen LogP contribution in [0.4, 0.5) is 0 Å². The molecule has 168 valence electrons. The third-order valence-corrected chi connectivity index (χ3v) is 5.24. The van der Waals surface area contributed by atoms with E-state index < -0.39 is 5.97 Å². The molecule has 0 N–H and O–H groups in total. The van der Waals surface area contributed by atoms with E-state index in [4.69, 9.17) is 30.5 Å². The average molecular weight is 464 g/mol. The summed E-state index contributed by atoms with van der Waals surface area (Å²) in [4.78, 5) is 16.8. The molecular weight excluding hydrogens is 442 g/mol. The molecule has 1 aliphatic heterocycles. The van der Waals surface area contributed by atoms with Crippen molar-refractivity contribution in [3.8, 4) is 17.2 Å².